The highest BCUT2D eigenvalue weighted by Gasteiger charge is 2.35. The summed E-state index contributed by atoms with van der Waals surface area (Å²) in [4.78, 5) is 11.9. The third-order valence-electron chi connectivity index (χ3n) is 3.50. The number of hydrogen-bond acceptors (Lipinski definition) is 1. The summed E-state index contributed by atoms with van der Waals surface area (Å²) in [5.74, 6) is 1.02. The van der Waals surface area contributed by atoms with E-state index in [1.165, 1.54) is 19.3 Å². The molecule has 2 heteroatoms. The number of amides is 1. The van der Waals surface area contributed by atoms with Crippen molar-refractivity contribution in [3.63, 3.8) is 0 Å². The zero-order chi connectivity index (χ0) is 11.3. The van der Waals surface area contributed by atoms with Crippen molar-refractivity contribution < 1.29 is 4.79 Å². The first-order valence-corrected chi connectivity index (χ1v) is 6.33. The lowest BCUT2D eigenvalue weighted by atomic mass is 9.88. The molecule has 0 aromatic heterocycles. The molecule has 1 N–H and O–H groups in total. The predicted octanol–water partition coefficient (Wildman–Crippen LogP) is 3.12. The highest BCUT2D eigenvalue weighted by Crippen LogP contribution is 2.37. The molecule has 1 aliphatic rings. The van der Waals surface area contributed by atoms with E-state index in [2.05, 4.69) is 26.1 Å². The standard InChI is InChI=1S/C13H25NO/c1-11(2)7-6-10-14-12(15)13(3)8-4-5-9-13/h11H,4-10H2,1-3H3,(H,14,15). The zero-order valence-electron chi connectivity index (χ0n) is 10.4. The number of carbonyl (C=O) groups excluding carboxylic acids is 1. The van der Waals surface area contributed by atoms with Gasteiger partial charge in [-0.25, -0.2) is 0 Å². The Balaban J connectivity index is 2.18. The van der Waals surface area contributed by atoms with Crippen LogP contribution in [-0.2, 0) is 4.79 Å². The summed E-state index contributed by atoms with van der Waals surface area (Å²) in [5.41, 5.74) is -0.0577. The molecule has 0 bridgehead atoms. The van der Waals surface area contributed by atoms with E-state index in [0.29, 0.717) is 0 Å². The van der Waals surface area contributed by atoms with Crippen LogP contribution < -0.4 is 5.32 Å². The first-order chi connectivity index (χ1) is 7.04. The molecule has 0 aromatic carbocycles. The molecule has 88 valence electrons. The highest BCUT2D eigenvalue weighted by atomic mass is 16.2. The fraction of sp³-hybridized carbons (Fsp3) is 0.923. The van der Waals surface area contributed by atoms with Gasteiger partial charge in [0.05, 0.1) is 0 Å². The van der Waals surface area contributed by atoms with Crippen molar-refractivity contribution in [1.29, 1.82) is 0 Å². The van der Waals surface area contributed by atoms with E-state index in [9.17, 15) is 4.79 Å². The van der Waals surface area contributed by atoms with Crippen LogP contribution in [0.1, 0.15) is 59.3 Å². The Morgan fingerprint density at radius 1 is 1.33 bits per heavy atom. The molecule has 0 aliphatic heterocycles. The van der Waals surface area contributed by atoms with Crippen LogP contribution in [0.3, 0.4) is 0 Å². The van der Waals surface area contributed by atoms with Crippen molar-refractivity contribution in [2.75, 3.05) is 6.54 Å². The summed E-state index contributed by atoms with van der Waals surface area (Å²) in [7, 11) is 0. The third kappa shape index (κ3) is 3.84. The van der Waals surface area contributed by atoms with Crippen LogP contribution in [0.15, 0.2) is 0 Å². The maximum Gasteiger partial charge on any atom is 0.225 e. The lowest BCUT2D eigenvalue weighted by molar-refractivity contribution is -0.129. The van der Waals surface area contributed by atoms with Gasteiger partial charge in [0.1, 0.15) is 0 Å². The van der Waals surface area contributed by atoms with E-state index in [0.717, 1.165) is 31.7 Å². The van der Waals surface area contributed by atoms with E-state index in [4.69, 9.17) is 0 Å². The van der Waals surface area contributed by atoms with Gasteiger partial charge >= 0.3 is 0 Å². The fourth-order valence-electron chi connectivity index (χ4n) is 2.31. The summed E-state index contributed by atoms with van der Waals surface area (Å²) >= 11 is 0. The molecule has 1 aliphatic carbocycles. The normalized spacial score (nSPS) is 19.5. The molecule has 0 unspecified atom stereocenters. The molecule has 1 fully saturated rings. The van der Waals surface area contributed by atoms with Crippen LogP contribution in [-0.4, -0.2) is 12.5 Å². The first-order valence-electron chi connectivity index (χ1n) is 6.33. The van der Waals surface area contributed by atoms with E-state index < -0.39 is 0 Å². The second-order valence-corrected chi connectivity index (χ2v) is 5.56. The Labute approximate surface area is 93.8 Å². The van der Waals surface area contributed by atoms with Gasteiger partial charge in [0, 0.05) is 12.0 Å². The molecule has 0 saturated heterocycles. The SMILES string of the molecule is CC(C)CCCNC(=O)C1(C)CCCC1. The molecule has 0 atom stereocenters. The first kappa shape index (κ1) is 12.5. The predicted molar refractivity (Wildman–Crippen MR) is 63.7 cm³/mol. The molecule has 0 radical (unpaired) electrons. The minimum absolute atomic E-state index is 0.0577. The van der Waals surface area contributed by atoms with E-state index >= 15 is 0 Å². The van der Waals surface area contributed by atoms with Gasteiger partial charge in [0.15, 0.2) is 0 Å². The van der Waals surface area contributed by atoms with Crippen molar-refractivity contribution in [2.24, 2.45) is 11.3 Å². The Bertz CT molecular complexity index is 205. The van der Waals surface area contributed by atoms with Crippen LogP contribution in [0.2, 0.25) is 0 Å². The Hall–Kier alpha value is -0.530. The Morgan fingerprint density at radius 2 is 1.93 bits per heavy atom. The largest absolute Gasteiger partial charge is 0.356 e. The molecule has 15 heavy (non-hydrogen) atoms. The maximum absolute atomic E-state index is 11.9. The summed E-state index contributed by atoms with van der Waals surface area (Å²) < 4.78 is 0. The third-order valence-corrected chi connectivity index (χ3v) is 3.50. The van der Waals surface area contributed by atoms with E-state index in [1.807, 2.05) is 0 Å². The van der Waals surface area contributed by atoms with Gasteiger partial charge in [-0.15, -0.1) is 0 Å². The lowest BCUT2D eigenvalue weighted by Crippen LogP contribution is -2.37. The lowest BCUT2D eigenvalue weighted by Gasteiger charge is -2.22. The number of nitrogens with one attached hydrogen (secondary N) is 1. The maximum atomic E-state index is 11.9. The molecule has 1 saturated carbocycles. The summed E-state index contributed by atoms with van der Waals surface area (Å²) in [6, 6.07) is 0. The average molecular weight is 211 g/mol. The summed E-state index contributed by atoms with van der Waals surface area (Å²) in [6.45, 7) is 7.41. The van der Waals surface area contributed by atoms with E-state index in [1.54, 1.807) is 0 Å². The Kier molecular flexibility index (Phi) is 4.62. The topological polar surface area (TPSA) is 29.1 Å². The van der Waals surface area contributed by atoms with Gasteiger partial charge in [0.2, 0.25) is 5.91 Å². The van der Waals surface area contributed by atoms with Gasteiger partial charge in [-0.1, -0.05) is 33.6 Å². The van der Waals surface area contributed by atoms with Crippen molar-refractivity contribution in [2.45, 2.75) is 59.3 Å². The van der Waals surface area contributed by atoms with Gasteiger partial charge in [-0.3, -0.25) is 4.79 Å². The van der Waals surface area contributed by atoms with Crippen molar-refractivity contribution in [3.05, 3.63) is 0 Å². The second-order valence-electron chi connectivity index (χ2n) is 5.56. The fourth-order valence-corrected chi connectivity index (χ4v) is 2.31. The number of carbonyl (C=O) groups is 1. The number of rotatable bonds is 5. The van der Waals surface area contributed by atoms with Gasteiger partial charge < -0.3 is 5.32 Å². The van der Waals surface area contributed by atoms with Crippen molar-refractivity contribution >= 4 is 5.91 Å². The van der Waals surface area contributed by atoms with E-state index in [-0.39, 0.29) is 11.3 Å². The minimum Gasteiger partial charge on any atom is -0.356 e. The molecular weight excluding hydrogens is 186 g/mol. The van der Waals surface area contributed by atoms with Crippen molar-refractivity contribution in [1.82, 2.24) is 5.32 Å². The number of hydrogen-bond donors (Lipinski definition) is 1. The van der Waals surface area contributed by atoms with Crippen LogP contribution in [0.25, 0.3) is 0 Å². The summed E-state index contributed by atoms with van der Waals surface area (Å²) in [6.07, 6.45) is 6.90. The van der Waals surface area contributed by atoms with Crippen LogP contribution >= 0.6 is 0 Å². The van der Waals surface area contributed by atoms with Gasteiger partial charge in [0.25, 0.3) is 0 Å². The highest BCUT2D eigenvalue weighted by molar-refractivity contribution is 5.82. The smallest absolute Gasteiger partial charge is 0.225 e. The zero-order valence-corrected chi connectivity index (χ0v) is 10.4. The van der Waals surface area contributed by atoms with Crippen LogP contribution in [0.4, 0.5) is 0 Å². The summed E-state index contributed by atoms with van der Waals surface area (Å²) in [5, 5.41) is 3.08. The molecule has 2 nitrogen and oxygen atoms in total. The van der Waals surface area contributed by atoms with Gasteiger partial charge in [-0.05, 0) is 31.6 Å². The van der Waals surface area contributed by atoms with Crippen LogP contribution in [0.5, 0.6) is 0 Å². The molecule has 0 spiro atoms. The molecule has 0 aromatic rings. The van der Waals surface area contributed by atoms with Gasteiger partial charge in [-0.2, -0.15) is 0 Å². The molecule has 1 rings (SSSR count). The second kappa shape index (κ2) is 5.53. The minimum atomic E-state index is -0.0577. The average Bonchev–Trinajstić information content (AvgIpc) is 2.60. The molecular formula is C13H25NO. The Morgan fingerprint density at radius 3 is 2.47 bits per heavy atom. The monoisotopic (exact) mass is 211 g/mol. The van der Waals surface area contributed by atoms with Crippen LogP contribution in [0, 0.1) is 11.3 Å². The van der Waals surface area contributed by atoms with Crippen molar-refractivity contribution in [3.8, 4) is 0 Å². The molecule has 1 amide bonds. The molecule has 0 heterocycles. The quantitative estimate of drug-likeness (QED) is 0.696.